The fourth-order valence-corrected chi connectivity index (χ4v) is 2.05. The van der Waals surface area contributed by atoms with E-state index < -0.39 is 40.4 Å². The molecule has 0 fully saturated rings. The van der Waals surface area contributed by atoms with Crippen LogP contribution >= 0.6 is 28.3 Å². The van der Waals surface area contributed by atoms with Gasteiger partial charge in [0, 0.05) is 0 Å². The number of halogens is 4. The maximum atomic E-state index is 13.8. The first-order chi connectivity index (χ1) is 8.64. The lowest BCUT2D eigenvalue weighted by molar-refractivity contribution is -0.152. The van der Waals surface area contributed by atoms with E-state index in [-0.39, 0.29) is 16.9 Å². The van der Waals surface area contributed by atoms with Crippen molar-refractivity contribution >= 4 is 34.3 Å². The number of phenols is 1. The number of nitrogens with two attached hydrogens (primary N) is 1. The Balaban J connectivity index is 0.00000361. The molecule has 114 valence electrons. The van der Waals surface area contributed by atoms with Crippen molar-refractivity contribution in [1.29, 1.82) is 0 Å². The fraction of sp³-hybridized carbons (Fsp3) is 0.417. The average molecular weight is 375 g/mol. The number of methoxy groups -OCH3 is 1. The van der Waals surface area contributed by atoms with Crippen LogP contribution in [0.4, 0.5) is 8.78 Å². The van der Waals surface area contributed by atoms with E-state index in [1.165, 1.54) is 13.8 Å². The van der Waals surface area contributed by atoms with Gasteiger partial charge in [0.15, 0.2) is 11.6 Å². The fourth-order valence-electron chi connectivity index (χ4n) is 1.64. The molecule has 0 aliphatic heterocycles. The van der Waals surface area contributed by atoms with Gasteiger partial charge in [-0.05, 0) is 35.8 Å². The van der Waals surface area contributed by atoms with Gasteiger partial charge in [-0.15, -0.1) is 12.4 Å². The van der Waals surface area contributed by atoms with Crippen LogP contribution in [0.1, 0.15) is 25.5 Å². The van der Waals surface area contributed by atoms with Crippen LogP contribution in [0.15, 0.2) is 10.5 Å². The molecule has 1 atom stereocenters. The highest BCUT2D eigenvalue weighted by molar-refractivity contribution is 9.10. The summed E-state index contributed by atoms with van der Waals surface area (Å²) in [6.07, 6.45) is 0. The number of phenolic OH excluding ortho intramolecular Hbond substituents is 1. The molecule has 8 heteroatoms. The molecule has 1 aromatic carbocycles. The topological polar surface area (TPSA) is 72.5 Å². The number of hydrogen-bond donors (Lipinski definition) is 2. The summed E-state index contributed by atoms with van der Waals surface area (Å²) in [7, 11) is 1.16. The van der Waals surface area contributed by atoms with Crippen molar-refractivity contribution in [2.75, 3.05) is 7.11 Å². The first-order valence-electron chi connectivity index (χ1n) is 5.35. The molecule has 0 heterocycles. The van der Waals surface area contributed by atoms with Crippen molar-refractivity contribution in [3.8, 4) is 5.75 Å². The zero-order chi connectivity index (χ0) is 15.0. The normalized spacial score (nSPS) is 12.6. The summed E-state index contributed by atoms with van der Waals surface area (Å²) >= 11 is 2.89. The van der Waals surface area contributed by atoms with Gasteiger partial charge in [0.25, 0.3) is 0 Å². The minimum atomic E-state index is -1.33. The number of aromatic hydroxyl groups is 1. The molecule has 0 aliphatic rings. The smallest absolute Gasteiger partial charge is 0.313 e. The standard InChI is InChI=1S/C12H14BrF2NO3.ClH/c1-12(2,11(18)19-3)10(16)7-8(15)6(14)4-5(13)9(7)17;/h4,10,17H,16H2,1-3H3;1H/t10-;/m1./s1. The molecule has 1 rings (SSSR count). The van der Waals surface area contributed by atoms with Crippen molar-refractivity contribution in [3.05, 3.63) is 27.7 Å². The second-order valence-corrected chi connectivity index (χ2v) is 5.46. The minimum absolute atomic E-state index is 0. The highest BCUT2D eigenvalue weighted by Crippen LogP contribution is 2.41. The van der Waals surface area contributed by atoms with Gasteiger partial charge in [0.1, 0.15) is 5.75 Å². The van der Waals surface area contributed by atoms with Crippen molar-refractivity contribution in [3.63, 3.8) is 0 Å². The molecule has 0 radical (unpaired) electrons. The maximum absolute atomic E-state index is 13.8. The Morgan fingerprint density at radius 1 is 1.50 bits per heavy atom. The van der Waals surface area contributed by atoms with Crippen LogP contribution in [0.5, 0.6) is 5.75 Å². The molecule has 4 nitrogen and oxygen atoms in total. The number of ether oxygens (including phenoxy) is 1. The molecule has 0 bridgehead atoms. The third kappa shape index (κ3) is 3.21. The zero-order valence-electron chi connectivity index (χ0n) is 11.0. The third-order valence-electron chi connectivity index (χ3n) is 2.98. The van der Waals surface area contributed by atoms with Gasteiger partial charge in [-0.25, -0.2) is 8.78 Å². The lowest BCUT2D eigenvalue weighted by atomic mass is 9.80. The van der Waals surface area contributed by atoms with Crippen LogP contribution in [0.3, 0.4) is 0 Å². The van der Waals surface area contributed by atoms with Gasteiger partial charge in [-0.2, -0.15) is 0 Å². The highest BCUT2D eigenvalue weighted by Gasteiger charge is 2.40. The molecule has 3 N–H and O–H groups in total. The second kappa shape index (κ2) is 6.69. The molecule has 0 saturated heterocycles. The predicted molar refractivity (Wildman–Crippen MR) is 75.7 cm³/mol. The summed E-state index contributed by atoms with van der Waals surface area (Å²) in [5, 5.41) is 9.81. The van der Waals surface area contributed by atoms with Gasteiger partial charge >= 0.3 is 5.97 Å². The summed E-state index contributed by atoms with van der Waals surface area (Å²) in [6, 6.07) is -0.488. The third-order valence-corrected chi connectivity index (χ3v) is 3.59. The number of esters is 1. The quantitative estimate of drug-likeness (QED) is 0.630. The molecule has 0 amide bonds. The lowest BCUT2D eigenvalue weighted by Crippen LogP contribution is -2.38. The van der Waals surface area contributed by atoms with Crippen LogP contribution in [-0.4, -0.2) is 18.2 Å². The number of benzene rings is 1. The van der Waals surface area contributed by atoms with E-state index in [4.69, 9.17) is 5.73 Å². The molecule has 20 heavy (non-hydrogen) atoms. The molecule has 0 unspecified atom stereocenters. The Hall–Kier alpha value is -0.920. The van der Waals surface area contributed by atoms with E-state index in [2.05, 4.69) is 20.7 Å². The number of carbonyl (C=O) groups is 1. The molecule has 0 aliphatic carbocycles. The molecule has 0 aromatic heterocycles. The van der Waals surface area contributed by atoms with Crippen LogP contribution < -0.4 is 5.73 Å². The van der Waals surface area contributed by atoms with Crippen molar-refractivity contribution in [2.45, 2.75) is 19.9 Å². The Morgan fingerprint density at radius 3 is 2.45 bits per heavy atom. The van der Waals surface area contributed by atoms with E-state index in [0.717, 1.165) is 13.2 Å². The second-order valence-electron chi connectivity index (χ2n) is 4.61. The van der Waals surface area contributed by atoms with Crippen molar-refractivity contribution < 1.29 is 23.4 Å². The lowest BCUT2D eigenvalue weighted by Gasteiger charge is -2.29. The van der Waals surface area contributed by atoms with E-state index in [9.17, 15) is 18.7 Å². The minimum Gasteiger partial charge on any atom is -0.506 e. The van der Waals surface area contributed by atoms with E-state index in [0.29, 0.717) is 0 Å². The summed E-state index contributed by atoms with van der Waals surface area (Å²) in [6.45, 7) is 2.84. The Morgan fingerprint density at radius 2 is 2.00 bits per heavy atom. The zero-order valence-corrected chi connectivity index (χ0v) is 13.4. The first-order valence-corrected chi connectivity index (χ1v) is 6.14. The summed E-state index contributed by atoms with van der Waals surface area (Å²) in [5.41, 5.74) is 4.00. The van der Waals surface area contributed by atoms with Gasteiger partial charge in [-0.3, -0.25) is 4.79 Å². The number of hydrogen-bond acceptors (Lipinski definition) is 4. The van der Waals surface area contributed by atoms with Crippen molar-refractivity contribution in [2.24, 2.45) is 11.1 Å². The Kier molecular flexibility index (Phi) is 6.38. The summed E-state index contributed by atoms with van der Waals surface area (Å²) in [4.78, 5) is 11.6. The highest BCUT2D eigenvalue weighted by atomic mass is 79.9. The summed E-state index contributed by atoms with van der Waals surface area (Å²) in [5.74, 6) is -3.69. The van der Waals surface area contributed by atoms with Gasteiger partial charge in [0.2, 0.25) is 0 Å². The molecule has 0 saturated carbocycles. The van der Waals surface area contributed by atoms with E-state index in [1.54, 1.807) is 0 Å². The Bertz CT molecular complexity index is 500. The largest absolute Gasteiger partial charge is 0.506 e. The van der Waals surface area contributed by atoms with Crippen molar-refractivity contribution in [1.82, 2.24) is 0 Å². The monoisotopic (exact) mass is 373 g/mol. The molecule has 1 aromatic rings. The SMILES string of the molecule is COC(=O)C(C)(C)[C@H](N)c1c(O)c(Br)cc(F)c1F.Cl. The van der Waals surface area contributed by atoms with Crippen LogP contribution in [0.2, 0.25) is 0 Å². The van der Waals surface area contributed by atoms with E-state index >= 15 is 0 Å². The first kappa shape index (κ1) is 19.1. The van der Waals surface area contributed by atoms with Gasteiger partial charge < -0.3 is 15.6 Å². The maximum Gasteiger partial charge on any atom is 0.313 e. The van der Waals surface area contributed by atoms with Crippen LogP contribution in [0.25, 0.3) is 0 Å². The van der Waals surface area contributed by atoms with E-state index in [1.807, 2.05) is 0 Å². The molecule has 0 spiro atoms. The average Bonchev–Trinajstić information content (AvgIpc) is 2.35. The predicted octanol–water partition coefficient (Wildman–Crippen LogP) is 3.05. The summed E-state index contributed by atoms with van der Waals surface area (Å²) < 4.78 is 31.7. The van der Waals surface area contributed by atoms with Crippen LogP contribution in [0, 0.1) is 17.0 Å². The van der Waals surface area contributed by atoms with Crippen LogP contribution in [-0.2, 0) is 9.53 Å². The molecular weight excluding hydrogens is 359 g/mol. The Labute approximate surface area is 129 Å². The number of rotatable bonds is 3. The van der Waals surface area contributed by atoms with Gasteiger partial charge in [0.05, 0.1) is 28.6 Å². The van der Waals surface area contributed by atoms with Gasteiger partial charge in [-0.1, -0.05) is 0 Å². The number of carbonyl (C=O) groups excluding carboxylic acids is 1. The molecular formula is C12H15BrClF2NO3.